The maximum atomic E-state index is 13.3. The lowest BCUT2D eigenvalue weighted by atomic mass is 9.77. The summed E-state index contributed by atoms with van der Waals surface area (Å²) in [6, 6.07) is 18.2. The fraction of sp³-hybridized carbons (Fsp3) is 0.333. The molecule has 1 aliphatic heterocycles. The Kier molecular flexibility index (Phi) is 7.02. The minimum Gasteiger partial charge on any atom is -0.367 e. The van der Waals surface area contributed by atoms with E-state index in [9.17, 15) is 4.79 Å². The molecule has 0 atom stereocenters. The molecule has 4 aromatic rings. The molecule has 8 heteroatoms. The minimum atomic E-state index is -0.240. The van der Waals surface area contributed by atoms with Gasteiger partial charge < -0.3 is 5.32 Å². The zero-order valence-electron chi connectivity index (χ0n) is 22.1. The van der Waals surface area contributed by atoms with E-state index >= 15 is 0 Å². The smallest absolute Gasteiger partial charge is 0.255 e. The van der Waals surface area contributed by atoms with Crippen LogP contribution < -0.4 is 10.9 Å². The number of halogens is 3. The van der Waals surface area contributed by atoms with Gasteiger partial charge in [-0.15, -0.1) is 0 Å². The number of likely N-dealkylation sites (tertiary alicyclic amines) is 1. The van der Waals surface area contributed by atoms with Crippen molar-refractivity contribution in [2.24, 2.45) is 0 Å². The highest BCUT2D eigenvalue weighted by molar-refractivity contribution is 6.38. The van der Waals surface area contributed by atoms with Crippen LogP contribution in [-0.2, 0) is 0 Å². The Morgan fingerprint density at radius 2 is 1.47 bits per heavy atom. The SMILES string of the molecule is CN1C(C)(C)CC(Nc2cc3c(ccc(=O)n3-c3c(Cl)cccc3Cl)c(-c3ccccc3Cl)n2)CC1(C)C. The predicted octanol–water partition coefficient (Wildman–Crippen LogP) is 8.08. The molecule has 0 saturated carbocycles. The van der Waals surface area contributed by atoms with Crippen LogP contribution in [0.5, 0.6) is 0 Å². The third kappa shape index (κ3) is 4.82. The molecule has 1 aliphatic rings. The maximum Gasteiger partial charge on any atom is 0.255 e. The van der Waals surface area contributed by atoms with Crippen LogP contribution in [0.1, 0.15) is 40.5 Å². The lowest BCUT2D eigenvalue weighted by Crippen LogP contribution is -2.61. The van der Waals surface area contributed by atoms with E-state index in [0.29, 0.717) is 37.8 Å². The van der Waals surface area contributed by atoms with Gasteiger partial charge in [0.15, 0.2) is 0 Å². The number of hydrogen-bond acceptors (Lipinski definition) is 4. The molecule has 198 valence electrons. The van der Waals surface area contributed by atoms with Crippen molar-refractivity contribution >= 4 is 51.5 Å². The molecule has 38 heavy (non-hydrogen) atoms. The average Bonchev–Trinajstić information content (AvgIpc) is 2.83. The lowest BCUT2D eigenvalue weighted by molar-refractivity contribution is -0.00772. The summed E-state index contributed by atoms with van der Waals surface area (Å²) in [6.07, 6.45) is 1.87. The molecule has 1 saturated heterocycles. The van der Waals surface area contributed by atoms with Crippen molar-refractivity contribution in [1.29, 1.82) is 0 Å². The number of fused-ring (bicyclic) bond motifs is 1. The zero-order valence-corrected chi connectivity index (χ0v) is 24.4. The summed E-state index contributed by atoms with van der Waals surface area (Å²) in [5.41, 5.74) is 2.29. The summed E-state index contributed by atoms with van der Waals surface area (Å²) in [5, 5.41) is 5.82. The van der Waals surface area contributed by atoms with Gasteiger partial charge in [0.25, 0.3) is 5.56 Å². The summed E-state index contributed by atoms with van der Waals surface area (Å²) in [7, 11) is 2.19. The van der Waals surface area contributed by atoms with Crippen molar-refractivity contribution in [3.05, 3.63) is 86.1 Å². The Hall–Kier alpha value is -2.57. The summed E-state index contributed by atoms with van der Waals surface area (Å²) in [4.78, 5) is 20.8. The fourth-order valence-electron chi connectivity index (χ4n) is 5.79. The summed E-state index contributed by atoms with van der Waals surface area (Å²) in [6.45, 7) is 9.07. The Morgan fingerprint density at radius 3 is 2.11 bits per heavy atom. The number of pyridine rings is 2. The van der Waals surface area contributed by atoms with E-state index in [4.69, 9.17) is 39.8 Å². The summed E-state index contributed by atoms with van der Waals surface area (Å²) in [5.74, 6) is 0.663. The molecule has 1 fully saturated rings. The van der Waals surface area contributed by atoms with E-state index in [1.807, 2.05) is 30.3 Å². The summed E-state index contributed by atoms with van der Waals surface area (Å²) >= 11 is 19.8. The van der Waals surface area contributed by atoms with Crippen molar-refractivity contribution < 1.29 is 0 Å². The lowest BCUT2D eigenvalue weighted by Gasteiger charge is -2.53. The zero-order chi connectivity index (χ0) is 27.4. The topological polar surface area (TPSA) is 50.2 Å². The van der Waals surface area contributed by atoms with E-state index in [1.165, 1.54) is 6.07 Å². The third-order valence-corrected chi connectivity index (χ3v) is 8.78. The molecular formula is C30H31Cl3N4O. The first-order valence-electron chi connectivity index (χ1n) is 12.7. The third-order valence-electron chi connectivity index (χ3n) is 7.84. The van der Waals surface area contributed by atoms with Crippen LogP contribution in [0.25, 0.3) is 27.8 Å². The number of rotatable bonds is 4. The first-order chi connectivity index (χ1) is 17.9. The van der Waals surface area contributed by atoms with E-state index in [-0.39, 0.29) is 22.7 Å². The number of hydrogen-bond donors (Lipinski definition) is 1. The van der Waals surface area contributed by atoms with E-state index in [1.54, 1.807) is 28.8 Å². The minimum absolute atomic E-state index is 0.00494. The van der Waals surface area contributed by atoms with Crippen LogP contribution in [0.2, 0.25) is 15.1 Å². The van der Waals surface area contributed by atoms with Gasteiger partial charge >= 0.3 is 0 Å². The van der Waals surface area contributed by atoms with Crippen LogP contribution in [-0.4, -0.2) is 38.6 Å². The van der Waals surface area contributed by atoms with Crippen molar-refractivity contribution in [3.63, 3.8) is 0 Å². The van der Waals surface area contributed by atoms with E-state index < -0.39 is 0 Å². The molecule has 2 aromatic heterocycles. The molecule has 1 N–H and O–H groups in total. The van der Waals surface area contributed by atoms with Gasteiger partial charge in [0, 0.05) is 45.2 Å². The number of nitrogens with one attached hydrogen (secondary N) is 1. The quantitative estimate of drug-likeness (QED) is 0.270. The maximum absolute atomic E-state index is 13.3. The van der Waals surface area contributed by atoms with Gasteiger partial charge in [0.2, 0.25) is 0 Å². The van der Waals surface area contributed by atoms with E-state index in [2.05, 4.69) is 45.0 Å². The first-order valence-corrected chi connectivity index (χ1v) is 13.8. The van der Waals surface area contributed by atoms with Crippen LogP contribution in [0.15, 0.2) is 65.5 Å². The molecule has 2 aromatic carbocycles. The van der Waals surface area contributed by atoms with Gasteiger partial charge in [0.05, 0.1) is 26.9 Å². The largest absolute Gasteiger partial charge is 0.367 e. The van der Waals surface area contributed by atoms with Crippen LogP contribution in [0, 0.1) is 0 Å². The normalized spacial score (nSPS) is 17.6. The second-order valence-electron chi connectivity index (χ2n) is 11.3. The molecule has 3 heterocycles. The highest BCUT2D eigenvalue weighted by Crippen LogP contribution is 2.40. The van der Waals surface area contributed by atoms with Gasteiger partial charge in [0.1, 0.15) is 5.82 Å². The van der Waals surface area contributed by atoms with Crippen molar-refractivity contribution in [1.82, 2.24) is 14.5 Å². The number of anilines is 1. The van der Waals surface area contributed by atoms with Gasteiger partial charge in [-0.2, -0.15) is 0 Å². The molecule has 0 amide bonds. The second-order valence-corrected chi connectivity index (χ2v) is 12.5. The Bertz CT molecular complexity index is 1560. The standard InChI is InChI=1S/C30H31Cl3N4O/c1-29(2)16-18(17-30(3,4)36(29)5)34-25-15-24-20(27(35-25)19-9-6-7-10-21(19)31)13-14-26(38)37(24)28-22(32)11-8-12-23(28)33/h6-15,18H,16-17H2,1-5H3,(H,34,35). The second kappa shape index (κ2) is 9.87. The first kappa shape index (κ1) is 27.0. The Morgan fingerprint density at radius 1 is 0.868 bits per heavy atom. The van der Waals surface area contributed by atoms with Crippen molar-refractivity contribution in [2.75, 3.05) is 12.4 Å². The molecule has 0 radical (unpaired) electrons. The highest BCUT2D eigenvalue weighted by Gasteiger charge is 2.43. The van der Waals surface area contributed by atoms with E-state index in [0.717, 1.165) is 23.8 Å². The monoisotopic (exact) mass is 568 g/mol. The number of piperidine rings is 1. The number of aromatic nitrogens is 2. The van der Waals surface area contributed by atoms with Gasteiger partial charge in [-0.1, -0.05) is 59.1 Å². The number of benzene rings is 2. The van der Waals surface area contributed by atoms with Gasteiger partial charge in [-0.05, 0) is 71.8 Å². The van der Waals surface area contributed by atoms with Crippen molar-refractivity contribution in [2.45, 2.75) is 57.7 Å². The molecule has 0 spiro atoms. The van der Waals surface area contributed by atoms with Crippen LogP contribution in [0.3, 0.4) is 0 Å². The molecule has 5 rings (SSSR count). The Labute approximate surface area is 238 Å². The molecule has 0 unspecified atom stereocenters. The number of para-hydroxylation sites is 1. The average molecular weight is 570 g/mol. The van der Waals surface area contributed by atoms with Gasteiger partial charge in [-0.25, -0.2) is 4.98 Å². The van der Waals surface area contributed by atoms with Crippen LogP contribution in [0.4, 0.5) is 5.82 Å². The molecular weight excluding hydrogens is 539 g/mol. The molecule has 0 bridgehead atoms. The summed E-state index contributed by atoms with van der Waals surface area (Å²) < 4.78 is 1.57. The van der Waals surface area contributed by atoms with Gasteiger partial charge in [-0.3, -0.25) is 14.3 Å². The fourth-order valence-corrected chi connectivity index (χ4v) is 6.58. The predicted molar refractivity (Wildman–Crippen MR) is 160 cm³/mol. The number of nitrogens with zero attached hydrogens (tertiary/aromatic N) is 3. The Balaban J connectivity index is 1.75. The van der Waals surface area contributed by atoms with Crippen LogP contribution >= 0.6 is 34.8 Å². The molecule has 0 aliphatic carbocycles. The molecule has 5 nitrogen and oxygen atoms in total. The highest BCUT2D eigenvalue weighted by atomic mass is 35.5. The van der Waals surface area contributed by atoms with Crippen molar-refractivity contribution in [3.8, 4) is 16.9 Å².